The van der Waals surface area contributed by atoms with E-state index in [1.54, 1.807) is 0 Å². The molecule has 0 aromatic carbocycles. The molecule has 0 aromatic heterocycles. The summed E-state index contributed by atoms with van der Waals surface area (Å²) in [7, 11) is 0. The van der Waals surface area contributed by atoms with E-state index in [0.717, 1.165) is 0 Å². The van der Waals surface area contributed by atoms with Crippen molar-refractivity contribution in [1.82, 2.24) is 0 Å². The van der Waals surface area contributed by atoms with Gasteiger partial charge in [-0.2, -0.15) is 0 Å². The molecule has 0 spiro atoms. The molecular weight excluding hydrogens is 122 g/mol. The monoisotopic (exact) mass is 131 g/mol. The third kappa shape index (κ3) is 1.48. The summed E-state index contributed by atoms with van der Waals surface area (Å²) in [6.07, 6.45) is 0.562. The van der Waals surface area contributed by atoms with E-state index >= 15 is 0 Å². The molecule has 52 valence electrons. The van der Waals surface area contributed by atoms with E-state index in [1.165, 1.54) is 0 Å². The Balaban J connectivity index is 2.46. The first-order chi connectivity index (χ1) is 4.27. The highest BCUT2D eigenvalue weighted by molar-refractivity contribution is 5.61. The smallest absolute Gasteiger partial charge is 0.196 e. The van der Waals surface area contributed by atoms with Crippen molar-refractivity contribution < 1.29 is 14.3 Å². The lowest BCUT2D eigenvalue weighted by molar-refractivity contribution is -0.163. The highest BCUT2D eigenvalue weighted by Gasteiger charge is 2.28. The number of aldehydes is 1. The van der Waals surface area contributed by atoms with Crippen LogP contribution >= 0.6 is 0 Å². The molecule has 1 heterocycles. The molecule has 1 atom stereocenters. The van der Waals surface area contributed by atoms with Crippen molar-refractivity contribution in [3.05, 3.63) is 0 Å². The van der Waals surface area contributed by atoms with Gasteiger partial charge in [-0.3, -0.25) is 10.5 Å². The first-order valence-corrected chi connectivity index (χ1v) is 2.74. The lowest BCUT2D eigenvalue weighted by Crippen LogP contribution is -2.52. The molecule has 1 fully saturated rings. The minimum Gasteiger partial charge on any atom is -0.374 e. The van der Waals surface area contributed by atoms with Gasteiger partial charge in [-0.25, -0.2) is 0 Å². The van der Waals surface area contributed by atoms with Crippen molar-refractivity contribution in [1.29, 1.82) is 0 Å². The maximum absolute atomic E-state index is 10.2. The van der Waals surface area contributed by atoms with Crippen molar-refractivity contribution in [2.45, 2.75) is 5.72 Å². The molecule has 4 heteroatoms. The number of nitrogens with two attached hydrogens (primary N) is 1. The summed E-state index contributed by atoms with van der Waals surface area (Å²) in [6.45, 7) is 1.08. The van der Waals surface area contributed by atoms with E-state index in [2.05, 4.69) is 0 Å². The SMILES string of the molecule is NC1(C=O)COCCO1. The maximum Gasteiger partial charge on any atom is 0.196 e. The number of ether oxygens (including phenoxy) is 2. The molecule has 1 unspecified atom stereocenters. The minimum atomic E-state index is -1.18. The topological polar surface area (TPSA) is 61.6 Å². The number of carbonyl (C=O) groups is 1. The fourth-order valence-corrected chi connectivity index (χ4v) is 0.632. The van der Waals surface area contributed by atoms with E-state index in [-0.39, 0.29) is 6.61 Å². The summed E-state index contributed by atoms with van der Waals surface area (Å²) in [4.78, 5) is 10.2. The van der Waals surface area contributed by atoms with E-state index in [0.29, 0.717) is 19.5 Å². The summed E-state index contributed by atoms with van der Waals surface area (Å²) in [5.74, 6) is 0. The van der Waals surface area contributed by atoms with Crippen molar-refractivity contribution in [2.24, 2.45) is 5.73 Å². The number of carbonyl (C=O) groups excluding carboxylic acids is 1. The molecule has 0 aliphatic carbocycles. The van der Waals surface area contributed by atoms with Gasteiger partial charge in [-0.05, 0) is 0 Å². The predicted octanol–water partition coefficient (Wildman–Crippen LogP) is -1.11. The van der Waals surface area contributed by atoms with Crippen LogP contribution < -0.4 is 5.73 Å². The number of hydrogen-bond donors (Lipinski definition) is 1. The average molecular weight is 131 g/mol. The van der Waals surface area contributed by atoms with Crippen LogP contribution in [0.15, 0.2) is 0 Å². The Hall–Kier alpha value is -0.450. The van der Waals surface area contributed by atoms with Gasteiger partial charge < -0.3 is 9.47 Å². The summed E-state index contributed by atoms with van der Waals surface area (Å²) >= 11 is 0. The van der Waals surface area contributed by atoms with Gasteiger partial charge in [0.15, 0.2) is 12.0 Å². The third-order valence-corrected chi connectivity index (χ3v) is 1.13. The first-order valence-electron chi connectivity index (χ1n) is 2.74. The Labute approximate surface area is 52.9 Å². The molecule has 1 aliphatic heterocycles. The van der Waals surface area contributed by atoms with Crippen LogP contribution in [0.4, 0.5) is 0 Å². The number of hydrogen-bond acceptors (Lipinski definition) is 4. The summed E-state index contributed by atoms with van der Waals surface area (Å²) in [5, 5.41) is 0. The molecule has 4 nitrogen and oxygen atoms in total. The van der Waals surface area contributed by atoms with Crippen LogP contribution in [0.3, 0.4) is 0 Å². The normalized spacial score (nSPS) is 36.1. The van der Waals surface area contributed by atoms with Gasteiger partial charge in [0.25, 0.3) is 0 Å². The Morgan fingerprint density at radius 1 is 1.56 bits per heavy atom. The van der Waals surface area contributed by atoms with Crippen molar-refractivity contribution in [3.8, 4) is 0 Å². The molecular formula is C5H9NO3. The molecule has 2 N–H and O–H groups in total. The molecule has 1 saturated heterocycles. The van der Waals surface area contributed by atoms with Crippen LogP contribution in [0.25, 0.3) is 0 Å². The fourth-order valence-electron chi connectivity index (χ4n) is 0.632. The van der Waals surface area contributed by atoms with Gasteiger partial charge in [0, 0.05) is 0 Å². The quantitative estimate of drug-likeness (QED) is 0.458. The molecule has 9 heavy (non-hydrogen) atoms. The van der Waals surface area contributed by atoms with Gasteiger partial charge in [0.2, 0.25) is 0 Å². The second-order valence-electron chi connectivity index (χ2n) is 1.97. The lowest BCUT2D eigenvalue weighted by atomic mass is 10.3. The van der Waals surface area contributed by atoms with E-state index in [9.17, 15) is 4.79 Å². The highest BCUT2D eigenvalue weighted by atomic mass is 16.6. The van der Waals surface area contributed by atoms with Crippen LogP contribution in [0.2, 0.25) is 0 Å². The Bertz CT molecular complexity index is 109. The maximum atomic E-state index is 10.2. The number of rotatable bonds is 1. The molecule has 0 aromatic rings. The Kier molecular flexibility index (Phi) is 1.80. The zero-order valence-corrected chi connectivity index (χ0v) is 5.00. The van der Waals surface area contributed by atoms with Gasteiger partial charge >= 0.3 is 0 Å². The van der Waals surface area contributed by atoms with Gasteiger partial charge in [0.05, 0.1) is 19.8 Å². The zero-order valence-electron chi connectivity index (χ0n) is 5.00. The van der Waals surface area contributed by atoms with Crippen LogP contribution in [0.1, 0.15) is 0 Å². The van der Waals surface area contributed by atoms with E-state index in [1.807, 2.05) is 0 Å². The lowest BCUT2D eigenvalue weighted by Gasteiger charge is -2.27. The van der Waals surface area contributed by atoms with E-state index < -0.39 is 5.72 Å². The summed E-state index contributed by atoms with van der Waals surface area (Å²) in [5.41, 5.74) is 4.16. The molecule has 0 radical (unpaired) electrons. The van der Waals surface area contributed by atoms with Crippen molar-refractivity contribution >= 4 is 6.29 Å². The van der Waals surface area contributed by atoms with Crippen molar-refractivity contribution in [3.63, 3.8) is 0 Å². The molecule has 0 bridgehead atoms. The summed E-state index contributed by atoms with van der Waals surface area (Å²) < 4.78 is 9.79. The van der Waals surface area contributed by atoms with Crippen LogP contribution in [-0.2, 0) is 14.3 Å². The Morgan fingerprint density at radius 2 is 2.33 bits per heavy atom. The fraction of sp³-hybridized carbons (Fsp3) is 0.800. The van der Waals surface area contributed by atoms with Gasteiger partial charge in [0.1, 0.15) is 0 Å². The molecule has 1 rings (SSSR count). The highest BCUT2D eigenvalue weighted by Crippen LogP contribution is 2.04. The molecule has 0 saturated carbocycles. The van der Waals surface area contributed by atoms with Crippen molar-refractivity contribution in [2.75, 3.05) is 19.8 Å². The largest absolute Gasteiger partial charge is 0.374 e. The van der Waals surface area contributed by atoms with Crippen LogP contribution in [0.5, 0.6) is 0 Å². The predicted molar refractivity (Wildman–Crippen MR) is 29.8 cm³/mol. The summed E-state index contributed by atoms with van der Waals surface area (Å²) in [6, 6.07) is 0. The molecule has 0 amide bonds. The average Bonchev–Trinajstić information content (AvgIpc) is 1.90. The Morgan fingerprint density at radius 3 is 2.67 bits per heavy atom. The minimum absolute atomic E-state index is 0.163. The van der Waals surface area contributed by atoms with E-state index in [4.69, 9.17) is 15.2 Å². The second-order valence-corrected chi connectivity index (χ2v) is 1.97. The van der Waals surface area contributed by atoms with Gasteiger partial charge in [-0.1, -0.05) is 0 Å². The van der Waals surface area contributed by atoms with Gasteiger partial charge in [-0.15, -0.1) is 0 Å². The van der Waals surface area contributed by atoms with Crippen LogP contribution in [0, 0.1) is 0 Å². The zero-order chi connectivity index (χ0) is 6.74. The first kappa shape index (κ1) is 6.67. The third-order valence-electron chi connectivity index (χ3n) is 1.13. The van der Waals surface area contributed by atoms with Crippen LogP contribution in [-0.4, -0.2) is 31.8 Å². The second kappa shape index (κ2) is 2.43. The standard InChI is InChI=1S/C5H9NO3/c6-5(3-7)4-8-1-2-9-5/h3H,1-2,4,6H2. The molecule has 1 aliphatic rings.